The van der Waals surface area contributed by atoms with E-state index in [-0.39, 0.29) is 0 Å². The van der Waals surface area contributed by atoms with Crippen LogP contribution in [0.4, 0.5) is 4.79 Å². The molecule has 0 saturated heterocycles. The summed E-state index contributed by atoms with van der Waals surface area (Å²) in [5.41, 5.74) is 8.77. The molecule has 0 unspecified atom stereocenters. The monoisotopic (exact) mass is 333 g/mol. The fraction of sp³-hybridized carbons (Fsp3) is 0.125. The lowest BCUT2D eigenvalue weighted by Gasteiger charge is -2.11. The Morgan fingerprint density at radius 3 is 2.65 bits per heavy atom. The molecule has 2 aromatic rings. The number of rotatable bonds is 6. The molecule has 0 spiro atoms. The van der Waals surface area contributed by atoms with Crippen LogP contribution in [0, 0.1) is 0 Å². The van der Waals surface area contributed by atoms with Crippen LogP contribution in [0.1, 0.15) is 11.1 Å². The maximum absolute atomic E-state index is 10.6. The number of urea groups is 1. The molecule has 0 heterocycles. The number of methoxy groups -OCH3 is 1. The van der Waals surface area contributed by atoms with Crippen LogP contribution in [0.25, 0.3) is 0 Å². The third-order valence-electron chi connectivity index (χ3n) is 2.88. The van der Waals surface area contributed by atoms with Crippen LogP contribution in [0.3, 0.4) is 0 Å². The van der Waals surface area contributed by atoms with Gasteiger partial charge in [0.15, 0.2) is 11.5 Å². The third-order valence-corrected chi connectivity index (χ3v) is 3.14. The lowest BCUT2D eigenvalue weighted by Crippen LogP contribution is -2.24. The van der Waals surface area contributed by atoms with E-state index in [4.69, 9.17) is 26.8 Å². The van der Waals surface area contributed by atoms with E-state index in [0.29, 0.717) is 23.1 Å². The molecule has 0 aliphatic rings. The number of hydrazone groups is 1. The molecule has 6 nitrogen and oxygen atoms in total. The average Bonchev–Trinajstić information content (AvgIpc) is 2.54. The van der Waals surface area contributed by atoms with Gasteiger partial charge in [-0.2, -0.15) is 5.10 Å². The van der Waals surface area contributed by atoms with Gasteiger partial charge in [0.25, 0.3) is 0 Å². The molecule has 7 heteroatoms. The zero-order valence-corrected chi connectivity index (χ0v) is 13.2. The Balaban J connectivity index is 2.05. The SMILES string of the molecule is COc1cc(C=NNC(N)=O)ccc1OCc1ccc(Cl)cc1. The fourth-order valence-electron chi connectivity index (χ4n) is 1.80. The predicted octanol–water partition coefficient (Wildman–Crippen LogP) is 2.93. The van der Waals surface area contributed by atoms with Gasteiger partial charge < -0.3 is 15.2 Å². The number of carbonyl (C=O) groups is 1. The molecule has 3 N–H and O–H groups in total. The molecule has 0 fully saturated rings. The Bertz CT molecular complexity index is 702. The molecule has 0 bridgehead atoms. The molecule has 120 valence electrons. The Morgan fingerprint density at radius 2 is 2.00 bits per heavy atom. The summed E-state index contributed by atoms with van der Waals surface area (Å²) in [7, 11) is 1.55. The van der Waals surface area contributed by atoms with Crippen LogP contribution in [0.5, 0.6) is 11.5 Å². The second-order valence-electron chi connectivity index (χ2n) is 4.56. The minimum Gasteiger partial charge on any atom is -0.493 e. The summed E-state index contributed by atoms with van der Waals surface area (Å²) in [5.74, 6) is 1.16. The number of benzene rings is 2. The van der Waals surface area contributed by atoms with E-state index in [2.05, 4.69) is 10.5 Å². The summed E-state index contributed by atoms with van der Waals surface area (Å²) in [6.45, 7) is 0.393. The number of primary amides is 1. The number of halogens is 1. The zero-order valence-electron chi connectivity index (χ0n) is 12.5. The zero-order chi connectivity index (χ0) is 16.7. The summed E-state index contributed by atoms with van der Waals surface area (Å²) in [5, 5.41) is 4.37. The highest BCUT2D eigenvalue weighted by Gasteiger charge is 2.06. The van der Waals surface area contributed by atoms with Crippen molar-refractivity contribution >= 4 is 23.8 Å². The van der Waals surface area contributed by atoms with Crippen LogP contribution in [-0.4, -0.2) is 19.4 Å². The van der Waals surface area contributed by atoms with Crippen molar-refractivity contribution in [1.29, 1.82) is 0 Å². The third kappa shape index (κ3) is 5.19. The van der Waals surface area contributed by atoms with Crippen molar-refractivity contribution < 1.29 is 14.3 Å². The van der Waals surface area contributed by atoms with Crippen molar-refractivity contribution in [3.63, 3.8) is 0 Å². The number of carbonyl (C=O) groups excluding carboxylic acids is 1. The molecule has 0 radical (unpaired) electrons. The molecule has 0 aliphatic heterocycles. The molecule has 23 heavy (non-hydrogen) atoms. The number of nitrogens with zero attached hydrogens (tertiary/aromatic N) is 1. The first-order valence-electron chi connectivity index (χ1n) is 6.72. The van der Waals surface area contributed by atoms with E-state index in [9.17, 15) is 4.79 Å². The second-order valence-corrected chi connectivity index (χ2v) is 5.00. The number of ether oxygens (including phenoxy) is 2. The Hall–Kier alpha value is -2.73. The van der Waals surface area contributed by atoms with Gasteiger partial charge in [-0.15, -0.1) is 0 Å². The molecule has 0 aromatic heterocycles. The van der Waals surface area contributed by atoms with Crippen molar-refractivity contribution in [2.45, 2.75) is 6.61 Å². The van der Waals surface area contributed by atoms with Crippen molar-refractivity contribution in [2.75, 3.05) is 7.11 Å². The van der Waals surface area contributed by atoms with Gasteiger partial charge in [-0.1, -0.05) is 23.7 Å². The lowest BCUT2D eigenvalue weighted by atomic mass is 10.2. The van der Waals surface area contributed by atoms with Crippen LogP contribution >= 0.6 is 11.6 Å². The predicted molar refractivity (Wildman–Crippen MR) is 89.1 cm³/mol. The molecule has 2 rings (SSSR count). The first-order chi connectivity index (χ1) is 11.1. The van der Waals surface area contributed by atoms with Gasteiger partial charge in [0.05, 0.1) is 13.3 Å². The molecular weight excluding hydrogens is 318 g/mol. The molecule has 2 aromatic carbocycles. The van der Waals surface area contributed by atoms with Gasteiger partial charge >= 0.3 is 6.03 Å². The van der Waals surface area contributed by atoms with E-state index < -0.39 is 6.03 Å². The van der Waals surface area contributed by atoms with Gasteiger partial charge in [0.1, 0.15) is 6.61 Å². The highest BCUT2D eigenvalue weighted by molar-refractivity contribution is 6.30. The first kappa shape index (κ1) is 16.6. The maximum Gasteiger partial charge on any atom is 0.332 e. The number of hydrogen-bond acceptors (Lipinski definition) is 4. The summed E-state index contributed by atoms with van der Waals surface area (Å²) in [6.07, 6.45) is 1.45. The largest absolute Gasteiger partial charge is 0.493 e. The topological polar surface area (TPSA) is 85.9 Å². The lowest BCUT2D eigenvalue weighted by molar-refractivity contribution is 0.249. The highest BCUT2D eigenvalue weighted by atomic mass is 35.5. The summed E-state index contributed by atoms with van der Waals surface area (Å²) >= 11 is 5.85. The minimum atomic E-state index is -0.726. The fourth-order valence-corrected chi connectivity index (χ4v) is 1.92. The number of amides is 2. The van der Waals surface area contributed by atoms with Gasteiger partial charge in [-0.3, -0.25) is 0 Å². The molecular formula is C16H16ClN3O3. The van der Waals surface area contributed by atoms with E-state index in [1.165, 1.54) is 6.21 Å². The van der Waals surface area contributed by atoms with Gasteiger partial charge in [0.2, 0.25) is 0 Å². The number of hydrogen-bond donors (Lipinski definition) is 2. The standard InChI is InChI=1S/C16H16ClN3O3/c1-22-15-8-12(9-19-20-16(18)21)4-7-14(15)23-10-11-2-5-13(17)6-3-11/h2-9H,10H2,1H3,(H3,18,20,21). The Morgan fingerprint density at radius 1 is 1.26 bits per heavy atom. The number of nitrogens with one attached hydrogen (secondary N) is 1. The van der Waals surface area contributed by atoms with Crippen LogP contribution in [-0.2, 0) is 6.61 Å². The average molecular weight is 334 g/mol. The van der Waals surface area contributed by atoms with Crippen LogP contribution in [0.2, 0.25) is 5.02 Å². The Labute approximate surface area is 138 Å². The molecule has 0 aliphatic carbocycles. The molecule has 0 saturated carbocycles. The van der Waals surface area contributed by atoms with Crippen molar-refractivity contribution in [1.82, 2.24) is 5.43 Å². The summed E-state index contributed by atoms with van der Waals surface area (Å²) < 4.78 is 11.1. The second kappa shape index (κ2) is 8.05. The van der Waals surface area contributed by atoms with Crippen LogP contribution < -0.4 is 20.6 Å². The van der Waals surface area contributed by atoms with E-state index >= 15 is 0 Å². The highest BCUT2D eigenvalue weighted by Crippen LogP contribution is 2.28. The number of nitrogens with two attached hydrogens (primary N) is 1. The quantitative estimate of drug-likeness (QED) is 0.629. The van der Waals surface area contributed by atoms with Crippen LogP contribution in [0.15, 0.2) is 47.6 Å². The normalized spacial score (nSPS) is 10.5. The van der Waals surface area contributed by atoms with E-state index in [1.807, 2.05) is 24.3 Å². The smallest absolute Gasteiger partial charge is 0.332 e. The van der Waals surface area contributed by atoms with Crippen molar-refractivity contribution in [3.8, 4) is 11.5 Å². The Kier molecular flexibility index (Phi) is 5.82. The van der Waals surface area contributed by atoms with Gasteiger partial charge in [0, 0.05) is 5.02 Å². The molecule has 2 amide bonds. The van der Waals surface area contributed by atoms with Crippen molar-refractivity contribution in [3.05, 3.63) is 58.6 Å². The van der Waals surface area contributed by atoms with Gasteiger partial charge in [-0.25, -0.2) is 10.2 Å². The maximum atomic E-state index is 10.6. The van der Waals surface area contributed by atoms with Crippen molar-refractivity contribution in [2.24, 2.45) is 10.8 Å². The van der Waals surface area contributed by atoms with E-state index in [0.717, 1.165) is 11.1 Å². The molecule has 0 atom stereocenters. The summed E-state index contributed by atoms with van der Waals surface area (Å²) in [4.78, 5) is 10.6. The van der Waals surface area contributed by atoms with E-state index in [1.54, 1.807) is 25.3 Å². The first-order valence-corrected chi connectivity index (χ1v) is 7.10. The minimum absolute atomic E-state index is 0.393. The summed E-state index contributed by atoms with van der Waals surface area (Å²) in [6, 6.07) is 12.0. The van der Waals surface area contributed by atoms with Gasteiger partial charge in [-0.05, 0) is 41.5 Å².